The molecule has 0 aliphatic carbocycles. The molecule has 0 spiro atoms. The Morgan fingerprint density at radius 1 is 0.667 bits per heavy atom. The van der Waals surface area contributed by atoms with E-state index in [1.165, 1.54) is 25.0 Å². The Hall–Kier alpha value is -4.25. The summed E-state index contributed by atoms with van der Waals surface area (Å²) in [6.45, 7) is 0. The third kappa shape index (κ3) is 4.83. The van der Waals surface area contributed by atoms with Gasteiger partial charge in [-0.15, -0.1) is 0 Å². The number of rotatable bonds is 7. The van der Waals surface area contributed by atoms with E-state index < -0.39 is 5.97 Å². The molecule has 4 aromatic carbocycles. The first-order valence-electron chi connectivity index (χ1n) is 10.4. The van der Waals surface area contributed by atoms with Gasteiger partial charge in [-0.2, -0.15) is 0 Å². The molecule has 5 nitrogen and oxygen atoms in total. The molecule has 0 saturated carbocycles. The van der Waals surface area contributed by atoms with Crippen LogP contribution in [0, 0.1) is 0 Å². The molecule has 0 saturated heterocycles. The van der Waals surface area contributed by atoms with Crippen LogP contribution in [0.15, 0.2) is 78.9 Å². The highest BCUT2D eigenvalue weighted by atomic mass is 16.6. The van der Waals surface area contributed by atoms with Gasteiger partial charge in [0.05, 0.1) is 26.9 Å². The second-order valence-corrected chi connectivity index (χ2v) is 7.27. The van der Waals surface area contributed by atoms with E-state index in [9.17, 15) is 4.79 Å². The molecule has 0 unspecified atom stereocenters. The molecule has 0 radical (unpaired) electrons. The molecule has 166 valence electrons. The van der Waals surface area contributed by atoms with Crippen molar-refractivity contribution in [3.8, 4) is 23.0 Å². The molecule has 0 bridgehead atoms. The SMILES string of the molecule is COc1ccc(C(=O)Oc2ccc(/C=C/c3cccc4ccccc34)cc2OC)cc1OC. The van der Waals surface area contributed by atoms with Gasteiger partial charge in [-0.3, -0.25) is 0 Å². The molecule has 0 N–H and O–H groups in total. The van der Waals surface area contributed by atoms with Crippen LogP contribution in [0.25, 0.3) is 22.9 Å². The van der Waals surface area contributed by atoms with E-state index in [1.54, 1.807) is 31.4 Å². The summed E-state index contributed by atoms with van der Waals surface area (Å²) in [4.78, 5) is 12.7. The minimum atomic E-state index is -0.520. The van der Waals surface area contributed by atoms with Gasteiger partial charge < -0.3 is 18.9 Å². The van der Waals surface area contributed by atoms with Crippen LogP contribution >= 0.6 is 0 Å². The van der Waals surface area contributed by atoms with Crippen LogP contribution in [0.3, 0.4) is 0 Å². The first-order valence-corrected chi connectivity index (χ1v) is 10.4. The van der Waals surface area contributed by atoms with Gasteiger partial charge in [0.25, 0.3) is 0 Å². The lowest BCUT2D eigenvalue weighted by Gasteiger charge is -2.12. The molecule has 5 heteroatoms. The molecule has 0 fully saturated rings. The van der Waals surface area contributed by atoms with Crippen LogP contribution in [0.2, 0.25) is 0 Å². The minimum Gasteiger partial charge on any atom is -0.493 e. The van der Waals surface area contributed by atoms with E-state index >= 15 is 0 Å². The predicted octanol–water partition coefficient (Wildman–Crippen LogP) is 6.26. The third-order valence-corrected chi connectivity index (χ3v) is 5.29. The van der Waals surface area contributed by atoms with Crippen LogP contribution in [-0.2, 0) is 0 Å². The van der Waals surface area contributed by atoms with Gasteiger partial charge in [0.15, 0.2) is 23.0 Å². The van der Waals surface area contributed by atoms with Crippen molar-refractivity contribution in [1.82, 2.24) is 0 Å². The lowest BCUT2D eigenvalue weighted by atomic mass is 10.0. The molecular weight excluding hydrogens is 416 g/mol. The number of hydrogen-bond acceptors (Lipinski definition) is 5. The smallest absolute Gasteiger partial charge is 0.343 e. The number of carbonyl (C=O) groups excluding carboxylic acids is 1. The average Bonchev–Trinajstić information content (AvgIpc) is 2.87. The summed E-state index contributed by atoms with van der Waals surface area (Å²) in [7, 11) is 4.60. The number of fused-ring (bicyclic) bond motifs is 1. The standard InChI is InChI=1S/C28H24O5/c1-30-24-16-14-22(18-27(24)32-3)28(29)33-25-15-12-19(17-26(25)31-2)11-13-21-9-6-8-20-7-4-5-10-23(20)21/h4-18H,1-3H3/b13-11+. The molecule has 0 aliphatic heterocycles. The summed E-state index contributed by atoms with van der Waals surface area (Å²) in [6, 6.07) is 24.8. The second kappa shape index (κ2) is 9.92. The van der Waals surface area contributed by atoms with Crippen molar-refractivity contribution in [2.45, 2.75) is 0 Å². The van der Waals surface area contributed by atoms with Crippen LogP contribution in [0.4, 0.5) is 0 Å². The van der Waals surface area contributed by atoms with Crippen molar-refractivity contribution in [2.75, 3.05) is 21.3 Å². The highest BCUT2D eigenvalue weighted by molar-refractivity contribution is 5.93. The number of ether oxygens (including phenoxy) is 4. The lowest BCUT2D eigenvalue weighted by Crippen LogP contribution is -2.09. The van der Waals surface area contributed by atoms with Crippen LogP contribution in [0.1, 0.15) is 21.5 Å². The monoisotopic (exact) mass is 440 g/mol. The van der Waals surface area contributed by atoms with E-state index in [2.05, 4.69) is 30.3 Å². The maximum absolute atomic E-state index is 12.7. The fourth-order valence-corrected chi connectivity index (χ4v) is 3.58. The number of hydrogen-bond donors (Lipinski definition) is 0. The summed E-state index contributed by atoms with van der Waals surface area (Å²) in [6.07, 6.45) is 4.07. The zero-order valence-electron chi connectivity index (χ0n) is 18.7. The van der Waals surface area contributed by atoms with Crippen LogP contribution < -0.4 is 18.9 Å². The summed E-state index contributed by atoms with van der Waals surface area (Å²) < 4.78 is 21.5. The van der Waals surface area contributed by atoms with Gasteiger partial charge >= 0.3 is 5.97 Å². The first kappa shape index (κ1) is 22.0. The van der Waals surface area contributed by atoms with Crippen molar-refractivity contribution in [1.29, 1.82) is 0 Å². The Morgan fingerprint density at radius 2 is 1.36 bits per heavy atom. The first-order chi connectivity index (χ1) is 16.1. The maximum atomic E-state index is 12.7. The summed E-state index contributed by atoms with van der Waals surface area (Å²) >= 11 is 0. The van der Waals surface area contributed by atoms with Gasteiger partial charge in [-0.25, -0.2) is 4.79 Å². The van der Waals surface area contributed by atoms with Crippen molar-refractivity contribution >= 4 is 28.9 Å². The van der Waals surface area contributed by atoms with Crippen molar-refractivity contribution < 1.29 is 23.7 Å². The number of carbonyl (C=O) groups is 1. The zero-order valence-corrected chi connectivity index (χ0v) is 18.7. The van der Waals surface area contributed by atoms with Gasteiger partial charge in [0.2, 0.25) is 0 Å². The fourth-order valence-electron chi connectivity index (χ4n) is 3.58. The molecule has 4 aromatic rings. The summed E-state index contributed by atoms with van der Waals surface area (Å²) in [5.41, 5.74) is 2.39. The topological polar surface area (TPSA) is 54.0 Å². The Labute approximate surface area is 192 Å². The Balaban J connectivity index is 1.56. The summed E-state index contributed by atoms with van der Waals surface area (Å²) in [5.74, 6) is 1.26. The van der Waals surface area contributed by atoms with Gasteiger partial charge in [0.1, 0.15) is 0 Å². The van der Waals surface area contributed by atoms with E-state index in [4.69, 9.17) is 18.9 Å². The van der Waals surface area contributed by atoms with Crippen molar-refractivity contribution in [3.63, 3.8) is 0 Å². The van der Waals surface area contributed by atoms with E-state index in [-0.39, 0.29) is 0 Å². The largest absolute Gasteiger partial charge is 0.493 e. The molecule has 0 atom stereocenters. The molecule has 4 rings (SSSR count). The second-order valence-electron chi connectivity index (χ2n) is 7.27. The molecule has 0 amide bonds. The quantitative estimate of drug-likeness (QED) is 0.193. The lowest BCUT2D eigenvalue weighted by molar-refractivity contribution is 0.0729. The van der Waals surface area contributed by atoms with Crippen molar-refractivity contribution in [3.05, 3.63) is 95.6 Å². The van der Waals surface area contributed by atoms with E-state index in [0.717, 1.165) is 11.1 Å². The highest BCUT2D eigenvalue weighted by Crippen LogP contribution is 2.32. The normalized spacial score (nSPS) is 10.9. The Kier molecular flexibility index (Phi) is 6.60. The van der Waals surface area contributed by atoms with Gasteiger partial charge in [-0.05, 0) is 52.2 Å². The van der Waals surface area contributed by atoms with Crippen LogP contribution in [0.5, 0.6) is 23.0 Å². The predicted molar refractivity (Wildman–Crippen MR) is 130 cm³/mol. The number of methoxy groups -OCH3 is 3. The highest BCUT2D eigenvalue weighted by Gasteiger charge is 2.15. The fraction of sp³-hybridized carbons (Fsp3) is 0.107. The van der Waals surface area contributed by atoms with Crippen molar-refractivity contribution in [2.24, 2.45) is 0 Å². The maximum Gasteiger partial charge on any atom is 0.343 e. The molecule has 0 heterocycles. The van der Waals surface area contributed by atoms with Gasteiger partial charge in [-0.1, -0.05) is 60.7 Å². The number of benzene rings is 4. The minimum absolute atomic E-state index is 0.333. The number of esters is 1. The molecule has 0 aromatic heterocycles. The summed E-state index contributed by atoms with van der Waals surface area (Å²) in [5, 5.41) is 2.37. The van der Waals surface area contributed by atoms with E-state index in [0.29, 0.717) is 28.6 Å². The molecule has 33 heavy (non-hydrogen) atoms. The third-order valence-electron chi connectivity index (χ3n) is 5.29. The molecular formula is C28H24O5. The molecule has 0 aliphatic rings. The van der Waals surface area contributed by atoms with E-state index in [1.807, 2.05) is 36.4 Å². The van der Waals surface area contributed by atoms with Gasteiger partial charge in [0, 0.05) is 0 Å². The average molecular weight is 440 g/mol. The zero-order chi connectivity index (χ0) is 23.2. The van der Waals surface area contributed by atoms with Crippen LogP contribution in [-0.4, -0.2) is 27.3 Å². The Morgan fingerprint density at radius 3 is 2.15 bits per heavy atom. The Bertz CT molecular complexity index is 1320.